The summed E-state index contributed by atoms with van der Waals surface area (Å²) in [5, 5.41) is 0. The van der Waals surface area contributed by atoms with E-state index in [2.05, 4.69) is 21.0 Å². The van der Waals surface area contributed by atoms with E-state index in [1.165, 1.54) is 0 Å². The van der Waals surface area contributed by atoms with E-state index in [1.807, 2.05) is 13.8 Å². The average molecular weight is 481 g/mol. The minimum Gasteiger partial charge on any atom is -1.00 e. The van der Waals surface area contributed by atoms with Crippen LogP contribution in [0.2, 0.25) is 0 Å². The van der Waals surface area contributed by atoms with Crippen LogP contribution in [0.15, 0.2) is 0 Å². The Hall–Kier alpha value is 0.140. The lowest BCUT2D eigenvalue weighted by atomic mass is 10.0. The lowest BCUT2D eigenvalue weighted by Crippen LogP contribution is -3.00. The van der Waals surface area contributed by atoms with E-state index in [9.17, 15) is 4.79 Å². The predicted molar refractivity (Wildman–Crippen MR) is 114 cm³/mol. The number of ether oxygens (including phenoxy) is 3. The van der Waals surface area contributed by atoms with Gasteiger partial charge in [0.1, 0.15) is 6.54 Å². The zero-order chi connectivity index (χ0) is 21.6. The number of hydrogen-bond acceptors (Lipinski definition) is 5. The molecule has 0 aromatic carbocycles. The molecular formula is C19H40Cl3N3O4. The third kappa shape index (κ3) is 16.5. The van der Waals surface area contributed by atoms with Crippen LogP contribution in [0.5, 0.6) is 0 Å². The molecule has 0 heterocycles. The van der Waals surface area contributed by atoms with Crippen LogP contribution in [0.25, 0.3) is 0 Å². The minimum atomic E-state index is -0.388. The van der Waals surface area contributed by atoms with Crippen LogP contribution in [0.1, 0.15) is 33.6 Å². The molecule has 0 radical (unpaired) electrons. The average Bonchev–Trinajstić information content (AvgIpc) is 2.63. The number of hydrogen-bond donors (Lipinski definition) is 0. The summed E-state index contributed by atoms with van der Waals surface area (Å²) in [5.74, 6) is 0.0363. The fourth-order valence-electron chi connectivity index (χ4n) is 2.01. The third-order valence-electron chi connectivity index (χ3n) is 4.84. The summed E-state index contributed by atoms with van der Waals surface area (Å²) < 4.78 is 18.6. The van der Waals surface area contributed by atoms with Crippen LogP contribution < -0.4 is 12.4 Å². The van der Waals surface area contributed by atoms with Gasteiger partial charge >= 0.3 is 0 Å². The van der Waals surface area contributed by atoms with Crippen LogP contribution in [0.3, 0.4) is 0 Å². The molecule has 1 amide bonds. The first-order valence-corrected chi connectivity index (χ1v) is 10.6. The predicted octanol–water partition coefficient (Wildman–Crippen LogP) is -0.237. The Balaban J connectivity index is 0. The molecule has 0 rings (SSSR count). The van der Waals surface area contributed by atoms with E-state index >= 15 is 0 Å². The maximum absolute atomic E-state index is 12.1. The van der Waals surface area contributed by atoms with E-state index in [1.54, 1.807) is 11.9 Å². The quantitative estimate of drug-likeness (QED) is 0.163. The first kappa shape index (κ1) is 31.3. The number of nitrogens with zero attached hydrogens (tertiary/aromatic N) is 3. The van der Waals surface area contributed by atoms with Gasteiger partial charge in [0.25, 0.3) is 0 Å². The molecule has 7 nitrogen and oxygen atoms in total. The molecule has 176 valence electrons. The lowest BCUT2D eigenvalue weighted by Gasteiger charge is -2.29. The maximum Gasteiger partial charge on any atom is 0.224 e. The highest BCUT2D eigenvalue weighted by Gasteiger charge is 2.25. The highest BCUT2D eigenvalue weighted by molar-refractivity contribution is 6.34. The number of carbonyl (C=O) groups excluding carboxylic acids is 1. The van der Waals surface area contributed by atoms with Gasteiger partial charge in [0, 0.05) is 19.1 Å². The molecule has 0 aromatic heterocycles. The Kier molecular flexibility index (Phi) is 18.1. The molecule has 0 saturated heterocycles. The Labute approximate surface area is 193 Å². The van der Waals surface area contributed by atoms with E-state index in [-0.39, 0.29) is 23.9 Å². The SMILES string of the molecule is CC[N+](C)(C)CCOCCOCCOCCC(=O)N(C)CCC(C)(C)N(Cl)Cl.[Cl-]. The Morgan fingerprint density at radius 1 is 0.966 bits per heavy atom. The number of amides is 1. The number of rotatable bonds is 17. The molecule has 29 heavy (non-hydrogen) atoms. The Bertz CT molecular complexity index is 428. The van der Waals surface area contributed by atoms with Crippen molar-refractivity contribution in [2.24, 2.45) is 0 Å². The fourth-order valence-corrected chi connectivity index (χ4v) is 2.18. The monoisotopic (exact) mass is 479 g/mol. The van der Waals surface area contributed by atoms with E-state index in [4.69, 9.17) is 37.8 Å². The van der Waals surface area contributed by atoms with E-state index in [0.29, 0.717) is 52.4 Å². The lowest BCUT2D eigenvalue weighted by molar-refractivity contribution is -0.888. The topological polar surface area (TPSA) is 51.2 Å². The first-order valence-electron chi connectivity index (χ1n) is 9.93. The summed E-state index contributed by atoms with van der Waals surface area (Å²) >= 11 is 11.6. The van der Waals surface area contributed by atoms with Gasteiger partial charge in [-0.2, -0.15) is 0 Å². The number of halogens is 3. The molecule has 0 spiro atoms. The molecular weight excluding hydrogens is 441 g/mol. The van der Waals surface area contributed by atoms with Gasteiger partial charge in [0.15, 0.2) is 0 Å². The van der Waals surface area contributed by atoms with Crippen molar-refractivity contribution in [2.45, 2.75) is 39.2 Å². The van der Waals surface area contributed by atoms with Crippen LogP contribution >= 0.6 is 23.6 Å². The summed E-state index contributed by atoms with van der Waals surface area (Å²) in [6.07, 6.45) is 1.02. The molecule has 0 bridgehead atoms. The van der Waals surface area contributed by atoms with Gasteiger partial charge in [-0.25, -0.2) is 0 Å². The van der Waals surface area contributed by atoms with Crippen molar-refractivity contribution < 1.29 is 35.9 Å². The van der Waals surface area contributed by atoms with Crippen LogP contribution in [0, 0.1) is 0 Å². The molecule has 0 saturated carbocycles. The van der Waals surface area contributed by atoms with Crippen molar-refractivity contribution in [3.63, 3.8) is 0 Å². The molecule has 10 heteroatoms. The largest absolute Gasteiger partial charge is 1.00 e. The molecule has 0 aliphatic carbocycles. The van der Waals surface area contributed by atoms with Crippen molar-refractivity contribution >= 4 is 29.5 Å². The summed E-state index contributed by atoms with van der Waals surface area (Å²) in [4.78, 5) is 13.8. The smallest absolute Gasteiger partial charge is 0.224 e. The molecule has 0 atom stereocenters. The normalized spacial score (nSPS) is 12.2. The van der Waals surface area contributed by atoms with Crippen molar-refractivity contribution in [2.75, 3.05) is 80.4 Å². The molecule has 0 unspecified atom stereocenters. The highest BCUT2D eigenvalue weighted by atomic mass is 35.5. The van der Waals surface area contributed by atoms with Gasteiger partial charge in [-0.15, -0.1) is 3.94 Å². The Morgan fingerprint density at radius 3 is 1.93 bits per heavy atom. The Morgan fingerprint density at radius 2 is 1.45 bits per heavy atom. The second-order valence-electron chi connectivity index (χ2n) is 8.17. The van der Waals surface area contributed by atoms with Gasteiger partial charge in [0.05, 0.1) is 66.7 Å². The number of likely N-dealkylation sites (N-methyl/N-ethyl adjacent to an activating group) is 1. The zero-order valence-corrected chi connectivity index (χ0v) is 21.2. The van der Waals surface area contributed by atoms with Crippen molar-refractivity contribution in [1.82, 2.24) is 8.84 Å². The summed E-state index contributed by atoms with van der Waals surface area (Å²) in [7, 11) is 6.15. The maximum atomic E-state index is 12.1. The molecule has 0 aliphatic heterocycles. The third-order valence-corrected chi connectivity index (χ3v) is 5.76. The van der Waals surface area contributed by atoms with Gasteiger partial charge in [0.2, 0.25) is 5.91 Å². The van der Waals surface area contributed by atoms with Crippen LogP contribution in [-0.4, -0.2) is 105 Å². The summed E-state index contributed by atoms with van der Waals surface area (Å²) in [6.45, 7) is 11.9. The van der Waals surface area contributed by atoms with Gasteiger partial charge in [-0.05, 0) is 50.7 Å². The van der Waals surface area contributed by atoms with E-state index < -0.39 is 0 Å². The van der Waals surface area contributed by atoms with Gasteiger partial charge in [-0.3, -0.25) is 4.79 Å². The van der Waals surface area contributed by atoms with Crippen molar-refractivity contribution in [1.29, 1.82) is 0 Å². The second kappa shape index (κ2) is 16.8. The zero-order valence-electron chi connectivity index (χ0n) is 18.9. The molecule has 0 N–H and O–H groups in total. The van der Waals surface area contributed by atoms with Crippen LogP contribution in [-0.2, 0) is 19.0 Å². The molecule has 0 fully saturated rings. The molecule has 0 aliphatic rings. The second-order valence-corrected chi connectivity index (χ2v) is 9.02. The van der Waals surface area contributed by atoms with Crippen molar-refractivity contribution in [3.8, 4) is 0 Å². The molecule has 0 aromatic rings. The number of carbonyl (C=O) groups is 1. The fraction of sp³-hybridized carbons (Fsp3) is 0.947. The van der Waals surface area contributed by atoms with Gasteiger partial charge < -0.3 is 36.0 Å². The number of quaternary nitrogens is 1. The minimum absolute atomic E-state index is 0. The van der Waals surface area contributed by atoms with E-state index in [0.717, 1.165) is 28.1 Å². The van der Waals surface area contributed by atoms with Crippen molar-refractivity contribution in [3.05, 3.63) is 0 Å². The summed E-state index contributed by atoms with van der Waals surface area (Å²) in [6, 6.07) is 0. The highest BCUT2D eigenvalue weighted by Crippen LogP contribution is 2.23. The summed E-state index contributed by atoms with van der Waals surface area (Å²) in [5.41, 5.74) is -0.388. The first-order chi connectivity index (χ1) is 13.0. The van der Waals surface area contributed by atoms with Gasteiger partial charge in [-0.1, -0.05) is 0 Å². The standard InChI is InChI=1S/C19H40Cl2N3O4.ClH/c1-7-24(5,6)11-13-27-15-17-28-16-14-26-12-8-18(25)22(4)10-9-19(2,3)23(20)21;/h7-17H2,1-6H3;1H/q+1;/p-1. The van der Waals surface area contributed by atoms with Crippen LogP contribution in [0.4, 0.5) is 0 Å².